The maximum Gasteiger partial charge on any atom is 0.241 e. The van der Waals surface area contributed by atoms with Crippen LogP contribution >= 0.6 is 0 Å². The van der Waals surface area contributed by atoms with Gasteiger partial charge in [0.1, 0.15) is 0 Å². The SMILES string of the molecule is Cc1cc(N(C)CC(=O)N(C)C)ccc1CN. The van der Waals surface area contributed by atoms with Crippen LogP contribution < -0.4 is 10.6 Å². The van der Waals surface area contributed by atoms with Gasteiger partial charge < -0.3 is 15.5 Å². The number of rotatable bonds is 4. The van der Waals surface area contributed by atoms with Crippen molar-refractivity contribution in [1.29, 1.82) is 0 Å². The van der Waals surface area contributed by atoms with Gasteiger partial charge in [0.25, 0.3) is 0 Å². The number of nitrogens with zero attached hydrogens (tertiary/aromatic N) is 2. The van der Waals surface area contributed by atoms with Crippen LogP contribution in [0.4, 0.5) is 5.69 Å². The van der Waals surface area contributed by atoms with E-state index in [4.69, 9.17) is 5.73 Å². The number of carbonyl (C=O) groups excluding carboxylic acids is 1. The molecule has 1 aromatic rings. The Balaban J connectivity index is 2.79. The van der Waals surface area contributed by atoms with E-state index in [1.54, 1.807) is 19.0 Å². The first kappa shape index (κ1) is 13.5. The molecule has 0 saturated carbocycles. The van der Waals surface area contributed by atoms with Gasteiger partial charge >= 0.3 is 0 Å². The fourth-order valence-corrected chi connectivity index (χ4v) is 1.58. The molecule has 4 nitrogen and oxygen atoms in total. The fraction of sp³-hybridized carbons (Fsp3) is 0.462. The second-order valence-corrected chi connectivity index (χ2v) is 4.46. The summed E-state index contributed by atoms with van der Waals surface area (Å²) >= 11 is 0. The third-order valence-corrected chi connectivity index (χ3v) is 2.86. The van der Waals surface area contributed by atoms with Crippen LogP contribution in [-0.4, -0.2) is 38.5 Å². The molecule has 2 N–H and O–H groups in total. The molecule has 0 heterocycles. The van der Waals surface area contributed by atoms with Crippen LogP contribution in [0.3, 0.4) is 0 Å². The van der Waals surface area contributed by atoms with Gasteiger partial charge in [-0.1, -0.05) is 6.07 Å². The Morgan fingerprint density at radius 1 is 1.29 bits per heavy atom. The normalized spacial score (nSPS) is 10.2. The lowest BCUT2D eigenvalue weighted by Gasteiger charge is -2.22. The summed E-state index contributed by atoms with van der Waals surface area (Å²) in [4.78, 5) is 15.1. The molecule has 0 aromatic heterocycles. The van der Waals surface area contributed by atoms with Crippen LogP contribution in [-0.2, 0) is 11.3 Å². The van der Waals surface area contributed by atoms with Crippen LogP contribution in [0.5, 0.6) is 0 Å². The molecular weight excluding hydrogens is 214 g/mol. The molecule has 0 aliphatic carbocycles. The van der Waals surface area contributed by atoms with Crippen molar-refractivity contribution >= 4 is 11.6 Å². The molecule has 17 heavy (non-hydrogen) atoms. The van der Waals surface area contributed by atoms with Gasteiger partial charge in [0.2, 0.25) is 5.91 Å². The average Bonchev–Trinajstić information content (AvgIpc) is 2.28. The number of hydrogen-bond donors (Lipinski definition) is 1. The van der Waals surface area contributed by atoms with Crippen molar-refractivity contribution < 1.29 is 4.79 Å². The molecule has 0 aliphatic rings. The fourth-order valence-electron chi connectivity index (χ4n) is 1.58. The van der Waals surface area contributed by atoms with E-state index in [1.807, 2.05) is 31.0 Å². The Labute approximate surface area is 103 Å². The lowest BCUT2D eigenvalue weighted by molar-refractivity contribution is -0.127. The molecule has 0 atom stereocenters. The van der Waals surface area contributed by atoms with Gasteiger partial charge in [0.15, 0.2) is 0 Å². The molecular formula is C13H21N3O. The van der Waals surface area contributed by atoms with Crippen LogP contribution in [0.2, 0.25) is 0 Å². The summed E-state index contributed by atoms with van der Waals surface area (Å²) in [6.07, 6.45) is 0. The minimum absolute atomic E-state index is 0.0908. The summed E-state index contributed by atoms with van der Waals surface area (Å²) in [6.45, 7) is 2.97. The molecule has 0 spiro atoms. The van der Waals surface area contributed by atoms with E-state index < -0.39 is 0 Å². The highest BCUT2D eigenvalue weighted by atomic mass is 16.2. The summed E-state index contributed by atoms with van der Waals surface area (Å²) in [7, 11) is 5.44. The van der Waals surface area contributed by atoms with Crippen LogP contribution in [0.25, 0.3) is 0 Å². The second kappa shape index (κ2) is 5.68. The highest BCUT2D eigenvalue weighted by Gasteiger charge is 2.09. The Kier molecular flexibility index (Phi) is 4.52. The number of benzene rings is 1. The first-order valence-corrected chi connectivity index (χ1v) is 5.66. The standard InChI is InChI=1S/C13H21N3O/c1-10-7-12(6-5-11(10)8-14)16(4)9-13(17)15(2)3/h5-7H,8-9,14H2,1-4H3. The average molecular weight is 235 g/mol. The minimum Gasteiger partial charge on any atom is -0.365 e. The van der Waals surface area contributed by atoms with Crippen molar-refractivity contribution in [2.24, 2.45) is 5.73 Å². The molecule has 4 heteroatoms. The Morgan fingerprint density at radius 3 is 2.41 bits per heavy atom. The summed E-state index contributed by atoms with van der Waals surface area (Å²) in [5, 5.41) is 0. The van der Waals surface area contributed by atoms with Crippen molar-refractivity contribution in [1.82, 2.24) is 4.90 Å². The number of anilines is 1. The topological polar surface area (TPSA) is 49.6 Å². The summed E-state index contributed by atoms with van der Waals surface area (Å²) in [6, 6.07) is 6.07. The van der Waals surface area contributed by atoms with Gasteiger partial charge in [-0.2, -0.15) is 0 Å². The van der Waals surface area contributed by atoms with Crippen molar-refractivity contribution in [3.8, 4) is 0 Å². The zero-order valence-electron chi connectivity index (χ0n) is 11.0. The highest BCUT2D eigenvalue weighted by Crippen LogP contribution is 2.17. The third kappa shape index (κ3) is 3.46. The first-order valence-electron chi connectivity index (χ1n) is 5.66. The van der Waals surface area contributed by atoms with Gasteiger partial charge in [-0.05, 0) is 30.2 Å². The molecule has 1 rings (SSSR count). The van der Waals surface area contributed by atoms with E-state index >= 15 is 0 Å². The maximum atomic E-state index is 11.6. The highest BCUT2D eigenvalue weighted by molar-refractivity contribution is 5.80. The van der Waals surface area contributed by atoms with Gasteiger partial charge in [-0.25, -0.2) is 0 Å². The van der Waals surface area contributed by atoms with Crippen molar-refractivity contribution in [3.63, 3.8) is 0 Å². The van der Waals surface area contributed by atoms with E-state index in [0.717, 1.165) is 16.8 Å². The molecule has 0 fully saturated rings. The molecule has 0 saturated heterocycles. The predicted octanol–water partition coefficient (Wildman–Crippen LogP) is 0.978. The molecule has 1 amide bonds. The van der Waals surface area contributed by atoms with Gasteiger partial charge in [0, 0.05) is 33.4 Å². The molecule has 0 bridgehead atoms. The lowest BCUT2D eigenvalue weighted by atomic mass is 10.1. The predicted molar refractivity (Wildman–Crippen MR) is 71.0 cm³/mol. The molecule has 0 radical (unpaired) electrons. The van der Waals surface area contributed by atoms with E-state index in [2.05, 4.69) is 6.07 Å². The van der Waals surface area contributed by atoms with E-state index in [-0.39, 0.29) is 5.91 Å². The number of hydrogen-bond acceptors (Lipinski definition) is 3. The maximum absolute atomic E-state index is 11.6. The second-order valence-electron chi connectivity index (χ2n) is 4.46. The van der Waals surface area contributed by atoms with Crippen molar-refractivity contribution in [2.75, 3.05) is 32.6 Å². The van der Waals surface area contributed by atoms with Gasteiger partial charge in [-0.3, -0.25) is 4.79 Å². The number of nitrogens with two attached hydrogens (primary N) is 1. The summed E-state index contributed by atoms with van der Waals surface area (Å²) in [5.74, 6) is 0.0908. The summed E-state index contributed by atoms with van der Waals surface area (Å²) < 4.78 is 0. The van der Waals surface area contributed by atoms with Crippen LogP contribution in [0.15, 0.2) is 18.2 Å². The molecule has 1 aromatic carbocycles. The smallest absolute Gasteiger partial charge is 0.241 e. The molecule has 94 valence electrons. The zero-order chi connectivity index (χ0) is 13.0. The Hall–Kier alpha value is -1.55. The number of carbonyl (C=O) groups is 1. The van der Waals surface area contributed by atoms with E-state index in [1.165, 1.54) is 0 Å². The number of likely N-dealkylation sites (N-methyl/N-ethyl adjacent to an activating group) is 2. The lowest BCUT2D eigenvalue weighted by Crippen LogP contribution is -2.34. The Morgan fingerprint density at radius 2 is 1.94 bits per heavy atom. The zero-order valence-corrected chi connectivity index (χ0v) is 11.0. The van der Waals surface area contributed by atoms with Crippen LogP contribution in [0, 0.1) is 6.92 Å². The first-order chi connectivity index (χ1) is 7.95. The summed E-state index contributed by atoms with van der Waals surface area (Å²) in [5.41, 5.74) is 8.96. The van der Waals surface area contributed by atoms with Crippen molar-refractivity contribution in [3.05, 3.63) is 29.3 Å². The van der Waals surface area contributed by atoms with Crippen molar-refractivity contribution in [2.45, 2.75) is 13.5 Å². The van der Waals surface area contributed by atoms with Gasteiger partial charge in [0.05, 0.1) is 6.54 Å². The number of aryl methyl sites for hydroxylation is 1. The van der Waals surface area contributed by atoms with E-state index in [0.29, 0.717) is 13.1 Å². The Bertz CT molecular complexity index is 402. The third-order valence-electron chi connectivity index (χ3n) is 2.86. The monoisotopic (exact) mass is 235 g/mol. The van der Waals surface area contributed by atoms with Gasteiger partial charge in [-0.15, -0.1) is 0 Å². The molecule has 0 unspecified atom stereocenters. The number of amides is 1. The van der Waals surface area contributed by atoms with E-state index in [9.17, 15) is 4.79 Å². The quantitative estimate of drug-likeness (QED) is 0.846. The largest absolute Gasteiger partial charge is 0.365 e. The van der Waals surface area contributed by atoms with Crippen LogP contribution in [0.1, 0.15) is 11.1 Å². The minimum atomic E-state index is 0.0908. The molecule has 0 aliphatic heterocycles.